The average molecular weight is 211 g/mol. The normalized spacial score (nSPS) is 22.3. The SMILES string of the molecule is COCCN1CCCNC(CC#N)C1=O. The van der Waals surface area contributed by atoms with Crippen LogP contribution in [0.25, 0.3) is 0 Å². The first-order valence-electron chi connectivity index (χ1n) is 5.17. The van der Waals surface area contributed by atoms with Gasteiger partial charge < -0.3 is 15.0 Å². The summed E-state index contributed by atoms with van der Waals surface area (Å²) >= 11 is 0. The van der Waals surface area contributed by atoms with Crippen molar-refractivity contribution in [1.29, 1.82) is 5.26 Å². The summed E-state index contributed by atoms with van der Waals surface area (Å²) in [7, 11) is 1.62. The number of carbonyl (C=O) groups excluding carboxylic acids is 1. The highest BCUT2D eigenvalue weighted by Crippen LogP contribution is 2.05. The average Bonchev–Trinajstić information content (AvgIpc) is 2.41. The molecule has 0 aromatic heterocycles. The third-order valence-electron chi connectivity index (χ3n) is 2.47. The lowest BCUT2D eigenvalue weighted by Gasteiger charge is -2.22. The van der Waals surface area contributed by atoms with Crippen molar-refractivity contribution >= 4 is 5.91 Å². The molecule has 15 heavy (non-hydrogen) atoms. The van der Waals surface area contributed by atoms with Crippen molar-refractivity contribution in [3.05, 3.63) is 0 Å². The van der Waals surface area contributed by atoms with Crippen LogP contribution in [0.15, 0.2) is 0 Å². The summed E-state index contributed by atoms with van der Waals surface area (Å²) in [5.41, 5.74) is 0. The first-order valence-corrected chi connectivity index (χ1v) is 5.17. The molecule has 0 aliphatic carbocycles. The van der Waals surface area contributed by atoms with Crippen LogP contribution in [0.5, 0.6) is 0 Å². The summed E-state index contributed by atoms with van der Waals surface area (Å²) in [6.07, 6.45) is 1.17. The zero-order valence-corrected chi connectivity index (χ0v) is 9.03. The molecule has 5 heteroatoms. The number of nitriles is 1. The molecule has 0 bridgehead atoms. The van der Waals surface area contributed by atoms with E-state index in [1.165, 1.54) is 0 Å². The molecule has 1 aliphatic rings. The molecule has 0 spiro atoms. The van der Waals surface area contributed by atoms with Gasteiger partial charge in [-0.15, -0.1) is 0 Å². The minimum Gasteiger partial charge on any atom is -0.383 e. The van der Waals surface area contributed by atoms with Crippen molar-refractivity contribution in [2.75, 3.05) is 33.4 Å². The summed E-state index contributed by atoms with van der Waals surface area (Å²) in [5, 5.41) is 11.7. The number of hydrogen-bond acceptors (Lipinski definition) is 4. The Hall–Kier alpha value is -1.12. The van der Waals surface area contributed by atoms with Crippen molar-refractivity contribution in [3.63, 3.8) is 0 Å². The molecule has 0 aromatic rings. The number of amides is 1. The standard InChI is InChI=1S/C10H17N3O2/c1-15-8-7-13-6-2-5-12-9(3-4-11)10(13)14/h9,12H,2-3,5-8H2,1H3. The molecule has 1 atom stereocenters. The molecule has 84 valence electrons. The van der Waals surface area contributed by atoms with Crippen LogP contribution in [0.2, 0.25) is 0 Å². The number of rotatable bonds is 4. The predicted octanol–water partition coefficient (Wildman–Crippen LogP) is -0.263. The van der Waals surface area contributed by atoms with Gasteiger partial charge in [0.1, 0.15) is 0 Å². The molecule has 1 rings (SSSR count). The lowest BCUT2D eigenvalue weighted by molar-refractivity contribution is -0.133. The van der Waals surface area contributed by atoms with Crippen molar-refractivity contribution in [2.24, 2.45) is 0 Å². The Labute approximate surface area is 90.0 Å². The van der Waals surface area contributed by atoms with Crippen LogP contribution in [0.1, 0.15) is 12.8 Å². The minimum absolute atomic E-state index is 0.0195. The lowest BCUT2D eigenvalue weighted by Crippen LogP contribution is -2.44. The fraction of sp³-hybridized carbons (Fsp3) is 0.800. The molecule has 5 nitrogen and oxygen atoms in total. The first kappa shape index (κ1) is 12.0. The van der Waals surface area contributed by atoms with Crippen LogP contribution in [0.4, 0.5) is 0 Å². The number of methoxy groups -OCH3 is 1. The van der Waals surface area contributed by atoms with E-state index in [2.05, 4.69) is 5.32 Å². The van der Waals surface area contributed by atoms with Crippen LogP contribution in [-0.2, 0) is 9.53 Å². The van der Waals surface area contributed by atoms with Gasteiger partial charge in [0.05, 0.1) is 25.1 Å². The van der Waals surface area contributed by atoms with E-state index in [0.29, 0.717) is 13.2 Å². The third-order valence-corrected chi connectivity index (χ3v) is 2.47. The summed E-state index contributed by atoms with van der Waals surface area (Å²) in [4.78, 5) is 13.7. The van der Waals surface area contributed by atoms with E-state index >= 15 is 0 Å². The van der Waals surface area contributed by atoms with Gasteiger partial charge in [0, 0.05) is 20.2 Å². The second-order valence-corrected chi connectivity index (χ2v) is 3.54. The maximum absolute atomic E-state index is 11.9. The topological polar surface area (TPSA) is 65.4 Å². The van der Waals surface area contributed by atoms with Crippen molar-refractivity contribution < 1.29 is 9.53 Å². The van der Waals surface area contributed by atoms with E-state index < -0.39 is 0 Å². The highest BCUT2D eigenvalue weighted by Gasteiger charge is 2.25. The van der Waals surface area contributed by atoms with E-state index in [9.17, 15) is 4.79 Å². The molecule has 0 aromatic carbocycles. The molecular formula is C10H17N3O2. The molecule has 0 radical (unpaired) electrons. The van der Waals surface area contributed by atoms with Gasteiger partial charge in [0.25, 0.3) is 0 Å². The van der Waals surface area contributed by atoms with Crippen LogP contribution < -0.4 is 5.32 Å². The Morgan fingerprint density at radius 2 is 2.53 bits per heavy atom. The fourth-order valence-electron chi connectivity index (χ4n) is 1.64. The second kappa shape index (κ2) is 6.38. The second-order valence-electron chi connectivity index (χ2n) is 3.54. The Morgan fingerprint density at radius 3 is 3.20 bits per heavy atom. The van der Waals surface area contributed by atoms with Crippen LogP contribution in [0, 0.1) is 11.3 Å². The predicted molar refractivity (Wildman–Crippen MR) is 55.1 cm³/mol. The van der Waals surface area contributed by atoms with Gasteiger partial charge in [-0.3, -0.25) is 4.79 Å². The summed E-state index contributed by atoms with van der Waals surface area (Å²) in [6, 6.07) is 1.69. The Kier molecular flexibility index (Phi) is 5.08. The monoisotopic (exact) mass is 211 g/mol. The first-order chi connectivity index (χ1) is 7.29. The van der Waals surface area contributed by atoms with Gasteiger partial charge in [0.15, 0.2) is 0 Å². The molecule has 0 saturated carbocycles. The van der Waals surface area contributed by atoms with Gasteiger partial charge in [-0.05, 0) is 13.0 Å². The maximum atomic E-state index is 11.9. The Bertz CT molecular complexity index is 250. The summed E-state index contributed by atoms with van der Waals surface area (Å²) in [6.45, 7) is 2.70. The smallest absolute Gasteiger partial charge is 0.240 e. The zero-order valence-electron chi connectivity index (χ0n) is 9.03. The van der Waals surface area contributed by atoms with Crippen molar-refractivity contribution in [1.82, 2.24) is 10.2 Å². The molecule has 1 aliphatic heterocycles. The largest absolute Gasteiger partial charge is 0.383 e. The van der Waals surface area contributed by atoms with Crippen molar-refractivity contribution in [3.8, 4) is 6.07 Å². The van der Waals surface area contributed by atoms with E-state index in [4.69, 9.17) is 10.00 Å². The fourth-order valence-corrected chi connectivity index (χ4v) is 1.64. The molecule has 1 saturated heterocycles. The van der Waals surface area contributed by atoms with Crippen LogP contribution in [0.3, 0.4) is 0 Å². The molecule has 1 unspecified atom stereocenters. The molecule has 1 heterocycles. The number of carbonyl (C=O) groups is 1. The van der Waals surface area contributed by atoms with Gasteiger partial charge >= 0.3 is 0 Å². The number of ether oxygens (including phenoxy) is 1. The molecule has 1 fully saturated rings. The molecule has 1 N–H and O–H groups in total. The van der Waals surface area contributed by atoms with Gasteiger partial charge in [-0.1, -0.05) is 0 Å². The number of nitrogens with one attached hydrogen (secondary N) is 1. The number of hydrogen-bond donors (Lipinski definition) is 1. The quantitative estimate of drug-likeness (QED) is 0.695. The summed E-state index contributed by atoms with van der Waals surface area (Å²) < 4.78 is 4.95. The lowest BCUT2D eigenvalue weighted by atomic mass is 10.2. The zero-order chi connectivity index (χ0) is 11.1. The molecular weight excluding hydrogens is 194 g/mol. The maximum Gasteiger partial charge on any atom is 0.240 e. The third kappa shape index (κ3) is 3.50. The number of nitrogens with zero attached hydrogens (tertiary/aromatic N) is 2. The minimum atomic E-state index is -0.339. The van der Waals surface area contributed by atoms with Crippen molar-refractivity contribution in [2.45, 2.75) is 18.9 Å². The van der Waals surface area contributed by atoms with Gasteiger partial charge in [0.2, 0.25) is 5.91 Å². The van der Waals surface area contributed by atoms with E-state index in [-0.39, 0.29) is 18.4 Å². The van der Waals surface area contributed by atoms with E-state index in [0.717, 1.165) is 19.5 Å². The Balaban J connectivity index is 2.54. The highest BCUT2D eigenvalue weighted by molar-refractivity contribution is 5.82. The highest BCUT2D eigenvalue weighted by atomic mass is 16.5. The molecule has 1 amide bonds. The van der Waals surface area contributed by atoms with Crippen LogP contribution in [-0.4, -0.2) is 50.2 Å². The van der Waals surface area contributed by atoms with E-state index in [1.807, 2.05) is 6.07 Å². The van der Waals surface area contributed by atoms with Crippen LogP contribution >= 0.6 is 0 Å². The van der Waals surface area contributed by atoms with Gasteiger partial charge in [-0.25, -0.2) is 0 Å². The van der Waals surface area contributed by atoms with E-state index in [1.54, 1.807) is 12.0 Å². The Morgan fingerprint density at radius 1 is 1.73 bits per heavy atom. The van der Waals surface area contributed by atoms with Gasteiger partial charge in [-0.2, -0.15) is 5.26 Å². The summed E-state index contributed by atoms with van der Waals surface area (Å²) in [5.74, 6) is 0.0195.